The molecule has 2 rings (SSSR count). The molecule has 2 N–H and O–H groups in total. The standard InChI is InChI=1S/C15H12ClF3N2OS/c1-22-13-7-6-11(8-12(13)16)21-14(23)20-10-4-2-9(3-5-10)15(17,18)19/h2-8H,1H3,(H2,20,21,23). The van der Waals surface area contributed by atoms with Crippen LogP contribution in [0.4, 0.5) is 24.5 Å². The highest BCUT2D eigenvalue weighted by atomic mass is 35.5. The van der Waals surface area contributed by atoms with Gasteiger partial charge in [-0.3, -0.25) is 0 Å². The Morgan fingerprint density at radius 3 is 2.13 bits per heavy atom. The SMILES string of the molecule is COc1ccc(NC(=S)Nc2ccc(C(F)(F)F)cc2)cc1Cl. The van der Waals surface area contributed by atoms with E-state index in [1.165, 1.54) is 19.2 Å². The van der Waals surface area contributed by atoms with E-state index in [1.54, 1.807) is 18.2 Å². The van der Waals surface area contributed by atoms with Crippen molar-refractivity contribution in [1.29, 1.82) is 0 Å². The molecule has 23 heavy (non-hydrogen) atoms. The van der Waals surface area contributed by atoms with Crippen LogP contribution < -0.4 is 15.4 Å². The normalized spacial score (nSPS) is 11.0. The van der Waals surface area contributed by atoms with E-state index in [0.717, 1.165) is 12.1 Å². The Morgan fingerprint density at radius 2 is 1.61 bits per heavy atom. The number of thiocarbonyl (C=S) groups is 1. The van der Waals surface area contributed by atoms with E-state index in [4.69, 9.17) is 28.6 Å². The summed E-state index contributed by atoms with van der Waals surface area (Å²) in [7, 11) is 1.51. The first-order valence-electron chi connectivity index (χ1n) is 6.38. The predicted octanol–water partition coefficient (Wildman–Crippen LogP) is 5.18. The maximum absolute atomic E-state index is 12.5. The van der Waals surface area contributed by atoms with Gasteiger partial charge in [-0.25, -0.2) is 0 Å². The minimum atomic E-state index is -4.36. The van der Waals surface area contributed by atoms with Gasteiger partial charge in [0.1, 0.15) is 5.75 Å². The number of methoxy groups -OCH3 is 1. The lowest BCUT2D eigenvalue weighted by molar-refractivity contribution is -0.137. The van der Waals surface area contributed by atoms with Crippen LogP contribution in [0.15, 0.2) is 42.5 Å². The zero-order valence-corrected chi connectivity index (χ0v) is 13.4. The smallest absolute Gasteiger partial charge is 0.416 e. The van der Waals surface area contributed by atoms with Crippen LogP contribution in [0.1, 0.15) is 5.56 Å². The highest BCUT2D eigenvalue weighted by molar-refractivity contribution is 7.80. The molecule has 0 saturated carbocycles. The minimum Gasteiger partial charge on any atom is -0.495 e. The van der Waals surface area contributed by atoms with E-state index >= 15 is 0 Å². The number of benzene rings is 2. The van der Waals surface area contributed by atoms with Crippen LogP contribution in [0.5, 0.6) is 5.75 Å². The summed E-state index contributed by atoms with van der Waals surface area (Å²) in [5, 5.41) is 6.32. The van der Waals surface area contributed by atoms with Crippen molar-refractivity contribution in [3.8, 4) is 5.75 Å². The Hall–Kier alpha value is -1.99. The molecule has 122 valence electrons. The average molecular weight is 361 g/mol. The lowest BCUT2D eigenvalue weighted by Crippen LogP contribution is -2.19. The van der Waals surface area contributed by atoms with E-state index in [2.05, 4.69) is 10.6 Å². The van der Waals surface area contributed by atoms with Crippen LogP contribution in [0, 0.1) is 0 Å². The Labute approximate surface area is 141 Å². The van der Waals surface area contributed by atoms with Crippen molar-refractivity contribution in [3.63, 3.8) is 0 Å². The summed E-state index contributed by atoms with van der Waals surface area (Å²) >= 11 is 11.1. The lowest BCUT2D eigenvalue weighted by atomic mass is 10.2. The highest BCUT2D eigenvalue weighted by Gasteiger charge is 2.29. The van der Waals surface area contributed by atoms with Crippen LogP contribution in [0.25, 0.3) is 0 Å². The van der Waals surface area contributed by atoms with Gasteiger partial charge in [0.05, 0.1) is 17.7 Å². The van der Waals surface area contributed by atoms with Gasteiger partial charge in [-0.15, -0.1) is 0 Å². The molecule has 0 amide bonds. The number of hydrogen-bond donors (Lipinski definition) is 2. The fourth-order valence-corrected chi connectivity index (χ4v) is 2.27. The molecule has 3 nitrogen and oxygen atoms in total. The van der Waals surface area contributed by atoms with Gasteiger partial charge >= 0.3 is 6.18 Å². The predicted molar refractivity (Wildman–Crippen MR) is 89.3 cm³/mol. The van der Waals surface area contributed by atoms with Crippen molar-refractivity contribution in [3.05, 3.63) is 53.1 Å². The molecular weight excluding hydrogens is 349 g/mol. The second kappa shape index (κ2) is 7.06. The molecule has 2 aromatic carbocycles. The highest BCUT2D eigenvalue weighted by Crippen LogP contribution is 2.30. The zero-order chi connectivity index (χ0) is 17.0. The largest absolute Gasteiger partial charge is 0.495 e. The van der Waals surface area contributed by atoms with Crippen molar-refractivity contribution in [1.82, 2.24) is 0 Å². The molecule has 0 aliphatic heterocycles. The molecule has 0 bridgehead atoms. The van der Waals surface area contributed by atoms with E-state index in [1.807, 2.05) is 0 Å². The number of ether oxygens (including phenoxy) is 1. The number of anilines is 2. The summed E-state index contributed by atoms with van der Waals surface area (Å²) in [6.45, 7) is 0. The maximum Gasteiger partial charge on any atom is 0.416 e. The molecule has 0 aliphatic rings. The number of rotatable bonds is 3. The van der Waals surface area contributed by atoms with Gasteiger partial charge in [-0.1, -0.05) is 11.6 Å². The summed E-state index contributed by atoms with van der Waals surface area (Å²) in [4.78, 5) is 0. The fourth-order valence-electron chi connectivity index (χ4n) is 1.78. The molecule has 0 heterocycles. The second-order valence-corrected chi connectivity index (χ2v) is 5.32. The zero-order valence-electron chi connectivity index (χ0n) is 11.9. The van der Waals surface area contributed by atoms with Gasteiger partial charge in [-0.05, 0) is 54.7 Å². The lowest BCUT2D eigenvalue weighted by Gasteiger charge is -2.13. The monoisotopic (exact) mass is 360 g/mol. The van der Waals surface area contributed by atoms with E-state index in [9.17, 15) is 13.2 Å². The molecule has 0 aliphatic carbocycles. The number of hydrogen-bond acceptors (Lipinski definition) is 2. The van der Waals surface area contributed by atoms with Crippen molar-refractivity contribution in [2.75, 3.05) is 17.7 Å². The maximum atomic E-state index is 12.5. The summed E-state index contributed by atoms with van der Waals surface area (Å²) in [6, 6.07) is 9.58. The summed E-state index contributed by atoms with van der Waals surface area (Å²) in [5.41, 5.74) is 0.346. The minimum absolute atomic E-state index is 0.228. The fraction of sp³-hybridized carbons (Fsp3) is 0.133. The first kappa shape index (κ1) is 17.4. The molecule has 0 spiro atoms. The third kappa shape index (κ3) is 4.74. The third-order valence-corrected chi connectivity index (χ3v) is 3.38. The van der Waals surface area contributed by atoms with Crippen LogP contribution in [-0.4, -0.2) is 12.2 Å². The molecule has 0 saturated heterocycles. The second-order valence-electron chi connectivity index (χ2n) is 4.50. The van der Waals surface area contributed by atoms with Crippen LogP contribution in [0.2, 0.25) is 5.02 Å². The number of nitrogens with one attached hydrogen (secondary N) is 2. The first-order chi connectivity index (χ1) is 10.8. The molecule has 8 heteroatoms. The molecule has 0 aromatic heterocycles. The Morgan fingerprint density at radius 1 is 1.04 bits per heavy atom. The van der Waals surface area contributed by atoms with E-state index in [-0.39, 0.29) is 5.11 Å². The molecule has 0 atom stereocenters. The van der Waals surface area contributed by atoms with Gasteiger partial charge in [0.25, 0.3) is 0 Å². The molecule has 0 radical (unpaired) electrons. The summed E-state index contributed by atoms with van der Waals surface area (Å²) in [5.74, 6) is 0.527. The van der Waals surface area contributed by atoms with Crippen molar-refractivity contribution < 1.29 is 17.9 Å². The Kier molecular flexibility index (Phi) is 5.33. The van der Waals surface area contributed by atoms with Gasteiger partial charge < -0.3 is 15.4 Å². The molecular formula is C15H12ClF3N2OS. The van der Waals surface area contributed by atoms with E-state index < -0.39 is 11.7 Å². The Balaban J connectivity index is 2.01. The summed E-state index contributed by atoms with van der Waals surface area (Å²) in [6.07, 6.45) is -4.36. The number of halogens is 4. The van der Waals surface area contributed by atoms with E-state index in [0.29, 0.717) is 22.1 Å². The van der Waals surface area contributed by atoms with Crippen LogP contribution >= 0.6 is 23.8 Å². The van der Waals surface area contributed by atoms with Gasteiger partial charge in [0.15, 0.2) is 5.11 Å². The van der Waals surface area contributed by atoms with Crippen LogP contribution in [-0.2, 0) is 6.18 Å². The summed E-state index contributed by atoms with van der Waals surface area (Å²) < 4.78 is 42.5. The number of alkyl halides is 3. The third-order valence-electron chi connectivity index (χ3n) is 2.88. The van der Waals surface area contributed by atoms with Crippen molar-refractivity contribution in [2.45, 2.75) is 6.18 Å². The molecule has 2 aromatic rings. The van der Waals surface area contributed by atoms with Gasteiger partial charge in [-0.2, -0.15) is 13.2 Å². The van der Waals surface area contributed by atoms with Crippen molar-refractivity contribution in [2.24, 2.45) is 0 Å². The molecule has 0 fully saturated rings. The van der Waals surface area contributed by atoms with Crippen LogP contribution in [0.3, 0.4) is 0 Å². The van der Waals surface area contributed by atoms with Crippen molar-refractivity contribution >= 4 is 40.3 Å². The van der Waals surface area contributed by atoms with Gasteiger partial charge in [0.2, 0.25) is 0 Å². The topological polar surface area (TPSA) is 33.3 Å². The molecule has 0 unspecified atom stereocenters. The first-order valence-corrected chi connectivity index (χ1v) is 7.17. The van der Waals surface area contributed by atoms with Gasteiger partial charge in [0, 0.05) is 11.4 Å². The average Bonchev–Trinajstić information content (AvgIpc) is 2.47. The quantitative estimate of drug-likeness (QED) is 0.739. The Bertz CT molecular complexity index is 705.